The van der Waals surface area contributed by atoms with Gasteiger partial charge in [-0.2, -0.15) is 0 Å². The molecule has 4 aromatic rings. The van der Waals surface area contributed by atoms with Gasteiger partial charge in [-0.3, -0.25) is 0 Å². The molecular weight excluding hydrogens is 246 g/mol. The normalized spacial score (nSPS) is 11.4. The summed E-state index contributed by atoms with van der Waals surface area (Å²) in [4.78, 5) is 7.77. The summed E-state index contributed by atoms with van der Waals surface area (Å²) in [7, 11) is 0. The summed E-state index contributed by atoms with van der Waals surface area (Å²) in [6.45, 7) is 0.947. The van der Waals surface area contributed by atoms with Crippen molar-refractivity contribution in [2.75, 3.05) is 0 Å². The van der Waals surface area contributed by atoms with E-state index in [0.29, 0.717) is 0 Å². The van der Waals surface area contributed by atoms with Crippen molar-refractivity contribution in [1.82, 2.24) is 14.5 Å². The molecule has 0 atom stereocenters. The van der Waals surface area contributed by atoms with Gasteiger partial charge in [0.05, 0.1) is 17.4 Å². The van der Waals surface area contributed by atoms with Gasteiger partial charge < -0.3 is 9.55 Å². The Balaban J connectivity index is 1.64. The zero-order valence-electron chi connectivity index (χ0n) is 11.1. The van der Waals surface area contributed by atoms with E-state index in [9.17, 15) is 0 Å². The number of aromatic nitrogens is 3. The number of nitrogens with zero attached hydrogens (tertiary/aromatic N) is 2. The number of fused-ring (bicyclic) bond motifs is 2. The van der Waals surface area contributed by atoms with Gasteiger partial charge in [-0.25, -0.2) is 4.98 Å². The lowest BCUT2D eigenvalue weighted by molar-refractivity contribution is 0.718. The first kappa shape index (κ1) is 11.3. The molecule has 4 rings (SSSR count). The van der Waals surface area contributed by atoms with Crippen LogP contribution in [0.3, 0.4) is 0 Å². The molecule has 1 N–H and O–H groups in total. The number of hydrogen-bond donors (Lipinski definition) is 1. The fourth-order valence-electron chi connectivity index (χ4n) is 2.77. The van der Waals surface area contributed by atoms with E-state index in [2.05, 4.69) is 63.2 Å². The van der Waals surface area contributed by atoms with Crippen molar-refractivity contribution in [2.45, 2.75) is 13.0 Å². The van der Waals surface area contributed by atoms with Crippen LogP contribution in [0.1, 0.15) is 5.56 Å². The van der Waals surface area contributed by atoms with Gasteiger partial charge in [0.2, 0.25) is 0 Å². The van der Waals surface area contributed by atoms with Gasteiger partial charge in [-0.15, -0.1) is 0 Å². The molecule has 0 amide bonds. The van der Waals surface area contributed by atoms with Crippen LogP contribution in [0.4, 0.5) is 0 Å². The number of aromatic amines is 1. The summed E-state index contributed by atoms with van der Waals surface area (Å²) in [6, 6.07) is 16.7. The van der Waals surface area contributed by atoms with Gasteiger partial charge in [0.15, 0.2) is 0 Å². The number of aryl methyl sites for hydroxylation is 2. The summed E-state index contributed by atoms with van der Waals surface area (Å²) >= 11 is 0. The molecule has 20 heavy (non-hydrogen) atoms. The molecule has 0 radical (unpaired) electrons. The Labute approximate surface area is 116 Å². The van der Waals surface area contributed by atoms with Crippen LogP contribution in [0.2, 0.25) is 0 Å². The van der Waals surface area contributed by atoms with Crippen molar-refractivity contribution >= 4 is 21.9 Å². The largest absolute Gasteiger partial charge is 0.361 e. The molecule has 0 saturated heterocycles. The van der Waals surface area contributed by atoms with Crippen molar-refractivity contribution < 1.29 is 0 Å². The van der Waals surface area contributed by atoms with E-state index in [1.165, 1.54) is 22.0 Å². The molecule has 0 bridgehead atoms. The van der Waals surface area contributed by atoms with Gasteiger partial charge >= 0.3 is 0 Å². The molecule has 3 heteroatoms. The Morgan fingerprint density at radius 1 is 1.00 bits per heavy atom. The van der Waals surface area contributed by atoms with Crippen LogP contribution in [0.15, 0.2) is 61.1 Å². The minimum atomic E-state index is 0.947. The topological polar surface area (TPSA) is 33.6 Å². The van der Waals surface area contributed by atoms with E-state index in [1.807, 2.05) is 12.4 Å². The Kier molecular flexibility index (Phi) is 2.56. The highest BCUT2D eigenvalue weighted by molar-refractivity contribution is 5.83. The van der Waals surface area contributed by atoms with E-state index >= 15 is 0 Å². The third kappa shape index (κ3) is 1.79. The number of imidazole rings is 1. The number of H-pyrrole nitrogens is 1. The van der Waals surface area contributed by atoms with Crippen molar-refractivity contribution in [3.63, 3.8) is 0 Å². The number of benzene rings is 2. The van der Waals surface area contributed by atoms with E-state index in [0.717, 1.165) is 18.5 Å². The smallest absolute Gasteiger partial charge is 0.0958 e. The first-order valence-corrected chi connectivity index (χ1v) is 6.87. The van der Waals surface area contributed by atoms with E-state index in [4.69, 9.17) is 0 Å². The second-order valence-corrected chi connectivity index (χ2v) is 5.04. The summed E-state index contributed by atoms with van der Waals surface area (Å²) < 4.78 is 2.22. The maximum atomic E-state index is 4.44. The zero-order chi connectivity index (χ0) is 13.4. The molecule has 2 aromatic carbocycles. The molecule has 2 aromatic heterocycles. The molecule has 0 aliphatic carbocycles. The predicted octanol–water partition coefficient (Wildman–Crippen LogP) is 3.76. The molecule has 0 unspecified atom stereocenters. The van der Waals surface area contributed by atoms with E-state index in [1.54, 1.807) is 0 Å². The lowest BCUT2D eigenvalue weighted by atomic mass is 10.1. The Morgan fingerprint density at radius 3 is 2.85 bits per heavy atom. The van der Waals surface area contributed by atoms with Crippen molar-refractivity contribution in [2.24, 2.45) is 0 Å². The highest BCUT2D eigenvalue weighted by Gasteiger charge is 2.05. The van der Waals surface area contributed by atoms with Crippen molar-refractivity contribution in [1.29, 1.82) is 0 Å². The predicted molar refractivity (Wildman–Crippen MR) is 81.7 cm³/mol. The molecule has 3 nitrogen and oxygen atoms in total. The average molecular weight is 261 g/mol. The van der Waals surface area contributed by atoms with Gasteiger partial charge in [0.25, 0.3) is 0 Å². The minimum Gasteiger partial charge on any atom is -0.361 e. The molecule has 0 spiro atoms. The number of rotatable bonds is 3. The first-order chi connectivity index (χ1) is 9.92. The first-order valence-electron chi connectivity index (χ1n) is 6.87. The quantitative estimate of drug-likeness (QED) is 0.598. The third-order valence-corrected chi connectivity index (χ3v) is 3.82. The second kappa shape index (κ2) is 4.53. The Bertz CT molecular complexity index is 796. The number of hydrogen-bond acceptors (Lipinski definition) is 1. The lowest BCUT2D eigenvalue weighted by Gasteiger charge is -2.03. The zero-order valence-corrected chi connectivity index (χ0v) is 11.1. The Morgan fingerprint density at radius 2 is 1.85 bits per heavy atom. The fraction of sp³-hybridized carbons (Fsp3) is 0.118. The molecule has 2 heterocycles. The monoisotopic (exact) mass is 261 g/mol. The molecule has 98 valence electrons. The summed E-state index contributed by atoms with van der Waals surface area (Å²) in [6.07, 6.45) is 5.05. The SMILES string of the molecule is c1ccc2c(c1)ncn2CCc1c[nH]c2ccccc12. The minimum absolute atomic E-state index is 0.947. The molecule has 0 aliphatic rings. The van der Waals surface area contributed by atoms with E-state index < -0.39 is 0 Å². The molecule has 0 aliphatic heterocycles. The van der Waals surface area contributed by atoms with Crippen LogP contribution >= 0.6 is 0 Å². The van der Waals surface area contributed by atoms with Crippen molar-refractivity contribution in [3.05, 3.63) is 66.6 Å². The maximum absolute atomic E-state index is 4.44. The number of nitrogens with one attached hydrogen (secondary N) is 1. The number of para-hydroxylation sites is 3. The highest BCUT2D eigenvalue weighted by Crippen LogP contribution is 2.19. The standard InChI is InChI=1S/C17H15N3/c1-2-6-15-14(5-1)13(11-18-15)9-10-20-12-19-16-7-3-4-8-17(16)20/h1-8,11-12,18H,9-10H2. The van der Waals surface area contributed by atoms with E-state index in [-0.39, 0.29) is 0 Å². The van der Waals surface area contributed by atoms with Crippen LogP contribution in [0.5, 0.6) is 0 Å². The van der Waals surface area contributed by atoms with Crippen LogP contribution in [0, 0.1) is 0 Å². The summed E-state index contributed by atoms with van der Waals surface area (Å²) in [5, 5.41) is 1.32. The van der Waals surface area contributed by atoms with Gasteiger partial charge in [-0.05, 0) is 30.2 Å². The van der Waals surface area contributed by atoms with Crippen LogP contribution < -0.4 is 0 Å². The van der Waals surface area contributed by atoms with Gasteiger partial charge in [-0.1, -0.05) is 30.3 Å². The second-order valence-electron chi connectivity index (χ2n) is 5.04. The summed E-state index contributed by atoms with van der Waals surface area (Å²) in [5.41, 5.74) is 4.83. The van der Waals surface area contributed by atoms with Gasteiger partial charge in [0, 0.05) is 23.6 Å². The van der Waals surface area contributed by atoms with Crippen LogP contribution in [-0.4, -0.2) is 14.5 Å². The molecule has 0 fully saturated rings. The van der Waals surface area contributed by atoms with Crippen LogP contribution in [0.25, 0.3) is 21.9 Å². The average Bonchev–Trinajstić information content (AvgIpc) is 3.09. The van der Waals surface area contributed by atoms with Crippen molar-refractivity contribution in [3.8, 4) is 0 Å². The Hall–Kier alpha value is -2.55. The lowest BCUT2D eigenvalue weighted by Crippen LogP contribution is -1.99. The highest BCUT2D eigenvalue weighted by atomic mass is 15.0. The van der Waals surface area contributed by atoms with Gasteiger partial charge in [0.1, 0.15) is 0 Å². The summed E-state index contributed by atoms with van der Waals surface area (Å²) in [5.74, 6) is 0. The molecule has 0 saturated carbocycles. The third-order valence-electron chi connectivity index (χ3n) is 3.82. The van der Waals surface area contributed by atoms with Crippen LogP contribution in [-0.2, 0) is 13.0 Å². The molecular formula is C17H15N3. The fourth-order valence-corrected chi connectivity index (χ4v) is 2.77. The maximum Gasteiger partial charge on any atom is 0.0958 e.